The molecule has 0 spiro atoms. The molecule has 2 amide bonds. The zero-order valence-corrected chi connectivity index (χ0v) is 16.0. The van der Waals surface area contributed by atoms with E-state index in [2.05, 4.69) is 4.57 Å². The predicted octanol–water partition coefficient (Wildman–Crippen LogP) is 2.84. The van der Waals surface area contributed by atoms with Gasteiger partial charge in [0.25, 0.3) is 5.91 Å². The van der Waals surface area contributed by atoms with E-state index in [1.165, 1.54) is 0 Å². The third-order valence-electron chi connectivity index (χ3n) is 5.33. The van der Waals surface area contributed by atoms with Crippen molar-refractivity contribution < 1.29 is 14.7 Å². The molecule has 0 atom stereocenters. The first-order chi connectivity index (χ1) is 12.9. The van der Waals surface area contributed by atoms with Gasteiger partial charge in [0, 0.05) is 43.0 Å². The van der Waals surface area contributed by atoms with E-state index < -0.39 is 5.91 Å². The second kappa shape index (κ2) is 7.86. The summed E-state index contributed by atoms with van der Waals surface area (Å²) in [5, 5.41) is 9.87. The SMILES string of the molecule is CCc1c(-c2cccc(O)c2)c(C(N)=O)c(C)n1CCCN1CCCC1=O. The van der Waals surface area contributed by atoms with Gasteiger partial charge in [0.05, 0.1) is 5.56 Å². The molecule has 1 aliphatic rings. The van der Waals surface area contributed by atoms with Gasteiger partial charge in [-0.1, -0.05) is 19.1 Å². The quantitative estimate of drug-likeness (QED) is 0.786. The molecule has 144 valence electrons. The number of amides is 2. The zero-order valence-electron chi connectivity index (χ0n) is 16.0. The van der Waals surface area contributed by atoms with Crippen molar-refractivity contribution in [2.75, 3.05) is 13.1 Å². The second-order valence-electron chi connectivity index (χ2n) is 7.04. The lowest BCUT2D eigenvalue weighted by atomic mass is 9.98. The standard InChI is InChI=1S/C21H27N3O3/c1-3-17-20(15-7-4-8-16(25)13-15)19(21(22)27)14(2)24(17)12-6-11-23-10-5-9-18(23)26/h4,7-8,13,25H,3,5-6,9-12H2,1-2H3,(H2,22,27). The number of carbonyl (C=O) groups is 2. The maximum Gasteiger partial charge on any atom is 0.251 e. The van der Waals surface area contributed by atoms with E-state index in [9.17, 15) is 14.7 Å². The van der Waals surface area contributed by atoms with E-state index in [-0.39, 0.29) is 11.7 Å². The first kappa shape index (κ1) is 19.0. The number of phenols is 1. The number of nitrogens with two attached hydrogens (primary N) is 1. The molecule has 0 unspecified atom stereocenters. The fraction of sp³-hybridized carbons (Fsp3) is 0.429. The number of aromatic nitrogens is 1. The van der Waals surface area contributed by atoms with Crippen LogP contribution in [0.25, 0.3) is 11.1 Å². The number of carbonyl (C=O) groups excluding carboxylic acids is 2. The van der Waals surface area contributed by atoms with Crippen LogP contribution in [0.4, 0.5) is 0 Å². The van der Waals surface area contributed by atoms with Crippen molar-refractivity contribution >= 4 is 11.8 Å². The fourth-order valence-electron chi connectivity index (χ4n) is 4.10. The Kier molecular flexibility index (Phi) is 5.54. The molecule has 1 aliphatic heterocycles. The van der Waals surface area contributed by atoms with Crippen molar-refractivity contribution in [3.63, 3.8) is 0 Å². The molecule has 3 N–H and O–H groups in total. The molecular formula is C21H27N3O3. The Bertz CT molecular complexity index is 870. The number of benzene rings is 1. The Morgan fingerprint density at radius 2 is 2.07 bits per heavy atom. The van der Waals surface area contributed by atoms with Crippen LogP contribution in [-0.4, -0.2) is 39.5 Å². The molecule has 1 aromatic carbocycles. The number of likely N-dealkylation sites (tertiary alicyclic amines) is 1. The topological polar surface area (TPSA) is 88.6 Å². The molecule has 2 heterocycles. The Hall–Kier alpha value is -2.76. The highest BCUT2D eigenvalue weighted by molar-refractivity contribution is 6.02. The highest BCUT2D eigenvalue weighted by Gasteiger charge is 2.24. The van der Waals surface area contributed by atoms with Crippen molar-refractivity contribution in [2.45, 2.75) is 46.1 Å². The third kappa shape index (κ3) is 3.70. The molecule has 1 fully saturated rings. The Labute approximate surface area is 159 Å². The van der Waals surface area contributed by atoms with E-state index in [0.29, 0.717) is 12.0 Å². The number of phenolic OH excluding ortho intramolecular Hbond substituents is 1. The summed E-state index contributed by atoms with van der Waals surface area (Å²) >= 11 is 0. The zero-order chi connectivity index (χ0) is 19.6. The third-order valence-corrected chi connectivity index (χ3v) is 5.33. The van der Waals surface area contributed by atoms with Crippen LogP contribution in [0.1, 0.15) is 47.9 Å². The van der Waals surface area contributed by atoms with Gasteiger partial charge in [-0.3, -0.25) is 9.59 Å². The highest BCUT2D eigenvalue weighted by Crippen LogP contribution is 2.34. The maximum atomic E-state index is 12.2. The molecule has 6 nitrogen and oxygen atoms in total. The summed E-state index contributed by atoms with van der Waals surface area (Å²) in [6.07, 6.45) is 3.15. The Balaban J connectivity index is 1.95. The number of hydrogen-bond donors (Lipinski definition) is 2. The molecule has 1 aromatic heterocycles. The summed E-state index contributed by atoms with van der Waals surface area (Å²) in [6, 6.07) is 6.91. The monoisotopic (exact) mass is 369 g/mol. The van der Waals surface area contributed by atoms with E-state index in [4.69, 9.17) is 5.73 Å². The van der Waals surface area contributed by atoms with E-state index in [0.717, 1.165) is 61.4 Å². The van der Waals surface area contributed by atoms with Crippen molar-refractivity contribution in [3.8, 4) is 16.9 Å². The lowest BCUT2D eigenvalue weighted by Crippen LogP contribution is -2.26. The van der Waals surface area contributed by atoms with Crippen LogP contribution in [0.2, 0.25) is 0 Å². The van der Waals surface area contributed by atoms with E-state index >= 15 is 0 Å². The molecule has 0 radical (unpaired) electrons. The summed E-state index contributed by atoms with van der Waals surface area (Å²) in [6.45, 7) is 6.24. The number of aromatic hydroxyl groups is 1. The summed E-state index contributed by atoms with van der Waals surface area (Å²) in [7, 11) is 0. The fourth-order valence-corrected chi connectivity index (χ4v) is 4.10. The van der Waals surface area contributed by atoms with Gasteiger partial charge in [-0.15, -0.1) is 0 Å². The Morgan fingerprint density at radius 1 is 1.30 bits per heavy atom. The smallest absolute Gasteiger partial charge is 0.251 e. The molecule has 1 saturated heterocycles. The van der Waals surface area contributed by atoms with E-state index in [1.807, 2.05) is 24.8 Å². The van der Waals surface area contributed by atoms with Crippen LogP contribution in [0.3, 0.4) is 0 Å². The number of hydrogen-bond acceptors (Lipinski definition) is 3. The lowest BCUT2D eigenvalue weighted by molar-refractivity contribution is -0.127. The van der Waals surface area contributed by atoms with Crippen molar-refractivity contribution in [1.82, 2.24) is 9.47 Å². The van der Waals surface area contributed by atoms with Gasteiger partial charge >= 0.3 is 0 Å². The highest BCUT2D eigenvalue weighted by atomic mass is 16.3. The van der Waals surface area contributed by atoms with Gasteiger partial charge in [0.1, 0.15) is 5.75 Å². The molecule has 2 aromatic rings. The Morgan fingerprint density at radius 3 is 2.67 bits per heavy atom. The molecule has 0 bridgehead atoms. The minimum atomic E-state index is -0.464. The molecule has 0 aliphatic carbocycles. The summed E-state index contributed by atoms with van der Waals surface area (Å²) in [5.41, 5.74) is 9.67. The summed E-state index contributed by atoms with van der Waals surface area (Å²) in [4.78, 5) is 25.9. The molecule has 27 heavy (non-hydrogen) atoms. The number of rotatable bonds is 7. The molecule has 3 rings (SSSR count). The molecule has 6 heteroatoms. The summed E-state index contributed by atoms with van der Waals surface area (Å²) in [5.74, 6) is -0.0786. The van der Waals surface area contributed by atoms with Crippen LogP contribution in [0, 0.1) is 6.92 Å². The van der Waals surface area contributed by atoms with Gasteiger partial charge in [-0.2, -0.15) is 0 Å². The van der Waals surface area contributed by atoms with Crippen LogP contribution >= 0.6 is 0 Å². The van der Waals surface area contributed by atoms with Crippen molar-refractivity contribution in [2.24, 2.45) is 5.73 Å². The largest absolute Gasteiger partial charge is 0.508 e. The number of primary amides is 1. The second-order valence-corrected chi connectivity index (χ2v) is 7.04. The van der Waals surface area contributed by atoms with Gasteiger partial charge < -0.3 is 20.3 Å². The minimum Gasteiger partial charge on any atom is -0.508 e. The minimum absolute atomic E-state index is 0.155. The van der Waals surface area contributed by atoms with Gasteiger partial charge in [-0.25, -0.2) is 0 Å². The van der Waals surface area contributed by atoms with Gasteiger partial charge in [0.15, 0.2) is 0 Å². The van der Waals surface area contributed by atoms with Gasteiger partial charge in [-0.05, 0) is 43.9 Å². The first-order valence-electron chi connectivity index (χ1n) is 9.53. The molecule has 0 saturated carbocycles. The van der Waals surface area contributed by atoms with Crippen LogP contribution in [0.15, 0.2) is 24.3 Å². The lowest BCUT2D eigenvalue weighted by Gasteiger charge is -2.17. The normalized spacial score (nSPS) is 14.1. The van der Waals surface area contributed by atoms with Crippen molar-refractivity contribution in [1.29, 1.82) is 0 Å². The average Bonchev–Trinajstić information content (AvgIpc) is 3.16. The van der Waals surface area contributed by atoms with Gasteiger partial charge in [0.2, 0.25) is 5.91 Å². The number of nitrogens with zero attached hydrogens (tertiary/aromatic N) is 2. The first-order valence-corrected chi connectivity index (χ1v) is 9.53. The van der Waals surface area contributed by atoms with Crippen LogP contribution < -0.4 is 5.73 Å². The maximum absolute atomic E-state index is 12.2. The van der Waals surface area contributed by atoms with Crippen LogP contribution in [-0.2, 0) is 17.8 Å². The van der Waals surface area contributed by atoms with Crippen molar-refractivity contribution in [3.05, 3.63) is 41.2 Å². The molecular weight excluding hydrogens is 342 g/mol. The predicted molar refractivity (Wildman–Crippen MR) is 105 cm³/mol. The summed E-state index contributed by atoms with van der Waals surface area (Å²) < 4.78 is 2.14. The van der Waals surface area contributed by atoms with Crippen LogP contribution in [0.5, 0.6) is 5.75 Å². The average molecular weight is 369 g/mol. The van der Waals surface area contributed by atoms with E-state index in [1.54, 1.807) is 18.2 Å².